The van der Waals surface area contributed by atoms with Gasteiger partial charge in [-0.25, -0.2) is 0 Å². The molecule has 0 amide bonds. The number of nitrogens with one attached hydrogen (secondary N) is 2. The highest BCUT2D eigenvalue weighted by Gasteiger charge is 1.91. The summed E-state index contributed by atoms with van der Waals surface area (Å²) in [4.78, 5) is 6.94. The molecule has 0 spiro atoms. The van der Waals surface area contributed by atoms with Gasteiger partial charge in [0.25, 0.3) is 0 Å². The van der Waals surface area contributed by atoms with Crippen molar-refractivity contribution < 1.29 is 0 Å². The molecule has 0 radical (unpaired) electrons. The van der Waals surface area contributed by atoms with Crippen molar-refractivity contribution in [2.75, 3.05) is 20.1 Å². The molecule has 0 aliphatic rings. The van der Waals surface area contributed by atoms with Gasteiger partial charge in [0.15, 0.2) is 6.19 Å². The number of hydrogen-bond acceptors (Lipinski definition) is 5. The summed E-state index contributed by atoms with van der Waals surface area (Å²) in [7, 11) is 1.98. The number of guanidine groups is 1. The molecule has 0 atom stereocenters. The molecule has 21 heavy (non-hydrogen) atoms. The van der Waals surface area contributed by atoms with E-state index in [0.29, 0.717) is 6.54 Å². The van der Waals surface area contributed by atoms with Gasteiger partial charge in [0, 0.05) is 6.54 Å². The van der Waals surface area contributed by atoms with Crippen molar-refractivity contribution in [3.63, 3.8) is 0 Å². The van der Waals surface area contributed by atoms with Crippen LogP contribution in [0.15, 0.2) is 9.98 Å². The molecule has 118 valence electrons. The van der Waals surface area contributed by atoms with E-state index < -0.39 is 0 Å². The fourth-order valence-corrected chi connectivity index (χ4v) is 1.45. The van der Waals surface area contributed by atoms with Gasteiger partial charge >= 0.3 is 0 Å². The van der Waals surface area contributed by atoms with Crippen LogP contribution in [0.2, 0.25) is 0 Å². The predicted octanol–water partition coefficient (Wildman–Crippen LogP) is 0.386. The van der Waals surface area contributed by atoms with Crippen LogP contribution in [0.1, 0.15) is 38.5 Å². The minimum Gasteiger partial charge on any atom is -0.389 e. The lowest BCUT2D eigenvalue weighted by atomic mass is 10.1. The lowest BCUT2D eigenvalue weighted by molar-refractivity contribution is 0.585. The van der Waals surface area contributed by atoms with Crippen LogP contribution < -0.4 is 22.1 Å². The van der Waals surface area contributed by atoms with Crippen LogP contribution in [0.4, 0.5) is 0 Å². The Kier molecular flexibility index (Phi) is 20.0. The second-order valence-corrected chi connectivity index (χ2v) is 4.11. The van der Waals surface area contributed by atoms with Gasteiger partial charge in [-0.15, -0.1) is 0 Å². The number of nitriles is 2. The summed E-state index contributed by atoms with van der Waals surface area (Å²) in [6.07, 6.45) is 11.5. The lowest BCUT2D eigenvalue weighted by Crippen LogP contribution is -2.27. The van der Waals surface area contributed by atoms with Crippen molar-refractivity contribution in [1.29, 1.82) is 10.5 Å². The van der Waals surface area contributed by atoms with Crippen molar-refractivity contribution in [2.45, 2.75) is 38.5 Å². The van der Waals surface area contributed by atoms with E-state index in [4.69, 9.17) is 16.3 Å². The highest BCUT2D eigenvalue weighted by atomic mass is 15.1. The van der Waals surface area contributed by atoms with Gasteiger partial charge < -0.3 is 16.8 Å². The first kappa shape index (κ1) is 21.0. The van der Waals surface area contributed by atoms with E-state index in [-0.39, 0.29) is 5.96 Å². The van der Waals surface area contributed by atoms with Crippen LogP contribution in [0.3, 0.4) is 0 Å². The van der Waals surface area contributed by atoms with Gasteiger partial charge in [-0.2, -0.15) is 15.5 Å². The topological polar surface area (TPSA) is 148 Å². The second-order valence-electron chi connectivity index (χ2n) is 4.11. The van der Waals surface area contributed by atoms with Crippen molar-refractivity contribution in [2.24, 2.45) is 21.5 Å². The first-order valence-electron chi connectivity index (χ1n) is 6.94. The van der Waals surface area contributed by atoms with Gasteiger partial charge in [0.05, 0.1) is 6.34 Å². The average Bonchev–Trinajstić information content (AvgIpc) is 2.47. The van der Waals surface area contributed by atoms with Crippen LogP contribution in [0.5, 0.6) is 0 Å². The molecule has 0 aliphatic carbocycles. The Balaban J connectivity index is 0. The van der Waals surface area contributed by atoms with Gasteiger partial charge in [-0.1, -0.05) is 25.7 Å². The van der Waals surface area contributed by atoms with Gasteiger partial charge in [0.1, 0.15) is 0 Å². The predicted molar refractivity (Wildman–Crippen MR) is 85.2 cm³/mol. The molecule has 8 heteroatoms. The van der Waals surface area contributed by atoms with E-state index in [1.165, 1.54) is 38.3 Å². The lowest BCUT2D eigenvalue weighted by Gasteiger charge is -2.01. The first-order valence-corrected chi connectivity index (χ1v) is 6.94. The molecule has 0 aromatic rings. The number of nitrogens with two attached hydrogens (primary N) is 2. The fraction of sp³-hybridized carbons (Fsp3) is 0.692. The van der Waals surface area contributed by atoms with Crippen LogP contribution in [-0.4, -0.2) is 32.4 Å². The summed E-state index contributed by atoms with van der Waals surface area (Å²) in [5.74, 6) is 0.219. The highest BCUT2D eigenvalue weighted by Crippen LogP contribution is 2.04. The van der Waals surface area contributed by atoms with E-state index in [2.05, 4.69) is 26.4 Å². The van der Waals surface area contributed by atoms with E-state index in [0.717, 1.165) is 19.3 Å². The third kappa shape index (κ3) is 23.2. The normalized spacial score (nSPS) is 10.3. The maximum absolute atomic E-state index is 8.25. The minimum absolute atomic E-state index is 0.219. The van der Waals surface area contributed by atoms with Crippen molar-refractivity contribution in [3.8, 4) is 12.4 Å². The van der Waals surface area contributed by atoms with Gasteiger partial charge in [-0.05, 0) is 26.4 Å². The summed E-state index contributed by atoms with van der Waals surface area (Å²) in [5, 5.41) is 21.2. The summed E-state index contributed by atoms with van der Waals surface area (Å²) in [6, 6.07) is 0. The van der Waals surface area contributed by atoms with Crippen molar-refractivity contribution in [1.82, 2.24) is 10.6 Å². The molecule has 0 unspecified atom stereocenters. The Morgan fingerprint density at radius 1 is 1.14 bits per heavy atom. The van der Waals surface area contributed by atoms with Gasteiger partial charge in [0.2, 0.25) is 12.2 Å². The van der Waals surface area contributed by atoms with Crippen LogP contribution in [-0.2, 0) is 0 Å². The Morgan fingerprint density at radius 2 is 1.76 bits per heavy atom. The van der Waals surface area contributed by atoms with Crippen molar-refractivity contribution >= 4 is 12.3 Å². The zero-order chi connectivity index (χ0) is 16.2. The Labute approximate surface area is 126 Å². The Hall–Kier alpha value is -2.32. The third-order valence-electron chi connectivity index (χ3n) is 2.43. The first-order chi connectivity index (χ1) is 10.2. The largest absolute Gasteiger partial charge is 0.389 e. The number of hydrogen-bond donors (Lipinski definition) is 4. The summed E-state index contributed by atoms with van der Waals surface area (Å²) >= 11 is 0. The highest BCUT2D eigenvalue weighted by molar-refractivity contribution is 5.79. The maximum atomic E-state index is 8.25. The molecule has 8 nitrogen and oxygen atoms in total. The van der Waals surface area contributed by atoms with E-state index in [9.17, 15) is 0 Å². The smallest absolute Gasteiger partial charge is 0.207 e. The molecule has 0 fully saturated rings. The minimum atomic E-state index is 0.219. The van der Waals surface area contributed by atoms with E-state index >= 15 is 0 Å². The number of nitrogens with zero attached hydrogens (tertiary/aromatic N) is 4. The summed E-state index contributed by atoms with van der Waals surface area (Å²) in [5.41, 5.74) is 10.0. The Bertz CT molecular complexity index is 350. The molecule has 0 saturated heterocycles. The average molecular weight is 294 g/mol. The molecule has 6 N–H and O–H groups in total. The number of rotatable bonds is 9. The molecule has 0 rings (SSSR count). The van der Waals surface area contributed by atoms with E-state index in [1.807, 2.05) is 7.05 Å². The van der Waals surface area contributed by atoms with Crippen LogP contribution in [0, 0.1) is 22.9 Å². The van der Waals surface area contributed by atoms with Gasteiger partial charge in [-0.3, -0.25) is 10.3 Å². The molecule has 0 heterocycles. The number of unbranched alkanes of at least 4 members (excludes halogenated alkanes) is 5. The summed E-state index contributed by atoms with van der Waals surface area (Å²) < 4.78 is 0. The zero-order valence-corrected chi connectivity index (χ0v) is 12.7. The van der Waals surface area contributed by atoms with Crippen molar-refractivity contribution in [3.05, 3.63) is 0 Å². The van der Waals surface area contributed by atoms with Crippen LogP contribution >= 0.6 is 0 Å². The van der Waals surface area contributed by atoms with E-state index in [1.54, 1.807) is 6.19 Å². The second kappa shape index (κ2) is 20.0. The Morgan fingerprint density at radius 3 is 2.24 bits per heavy atom. The quantitative estimate of drug-likeness (QED) is 0.159. The third-order valence-corrected chi connectivity index (χ3v) is 2.43. The fourth-order valence-electron chi connectivity index (χ4n) is 1.45. The SMILES string of the molecule is CNCCCCCCCCN=C(N)NC#N.N#CN=CN. The molecule has 0 saturated carbocycles. The summed E-state index contributed by atoms with van der Waals surface area (Å²) in [6.45, 7) is 1.82. The molecular weight excluding hydrogens is 268 g/mol. The standard InChI is InChI=1S/C11H23N5.C2H3N3/c1-14-8-6-4-2-3-5-7-9-15-11(13)16-10-12;3-1-5-2-4/h14H,2-9H2,1H3,(H3,13,15,16);1H,(H2,3,5). The molecule has 0 bridgehead atoms. The molecule has 0 aliphatic heterocycles. The zero-order valence-electron chi connectivity index (χ0n) is 12.7. The maximum Gasteiger partial charge on any atom is 0.207 e. The molecular formula is C13H26N8. The molecule has 0 aromatic heterocycles. The van der Waals surface area contributed by atoms with Crippen LogP contribution in [0.25, 0.3) is 0 Å². The molecule has 0 aromatic carbocycles. The number of aliphatic imine (C=N–C) groups is 2. The monoisotopic (exact) mass is 294 g/mol.